The molecule has 0 unspecified atom stereocenters. The molecule has 2 fully saturated rings. The molecule has 1 spiro atoms. The van der Waals surface area contributed by atoms with Gasteiger partial charge in [-0.05, 0) is 62.1 Å². The maximum Gasteiger partial charge on any atom is 0.416 e. The van der Waals surface area contributed by atoms with E-state index in [4.69, 9.17) is 0 Å². The number of nitrogens with one attached hydrogen (secondary N) is 2. The highest BCUT2D eigenvalue weighted by Crippen LogP contribution is 2.48. The largest absolute Gasteiger partial charge is 0.416 e. The van der Waals surface area contributed by atoms with Crippen LogP contribution in [0.25, 0.3) is 0 Å². The van der Waals surface area contributed by atoms with Crippen LogP contribution in [0.1, 0.15) is 30.4 Å². The molecule has 0 atom stereocenters. The lowest BCUT2D eigenvalue weighted by Crippen LogP contribution is -2.49. The summed E-state index contributed by atoms with van der Waals surface area (Å²) < 4.78 is 41.4. The van der Waals surface area contributed by atoms with Crippen molar-refractivity contribution in [2.75, 3.05) is 30.7 Å². The van der Waals surface area contributed by atoms with Crippen LogP contribution in [0.15, 0.2) is 46.2 Å². The Labute approximate surface area is 205 Å². The summed E-state index contributed by atoms with van der Waals surface area (Å²) in [5.74, 6) is 0.622. The van der Waals surface area contributed by atoms with Crippen LogP contribution in [-0.4, -0.2) is 41.1 Å². The van der Waals surface area contributed by atoms with Gasteiger partial charge in [-0.2, -0.15) is 13.2 Å². The topological polar surface area (TPSA) is 44.4 Å². The molecule has 0 aromatic heterocycles. The number of likely N-dealkylation sites (tertiary alicyclic amines) is 1. The van der Waals surface area contributed by atoms with Gasteiger partial charge in [-0.15, -0.1) is 24.2 Å². The molecule has 33 heavy (non-hydrogen) atoms. The summed E-state index contributed by atoms with van der Waals surface area (Å²) in [6, 6.07) is 10.5. The first-order chi connectivity index (χ1) is 15.3. The minimum absolute atomic E-state index is 0. The van der Waals surface area contributed by atoms with Gasteiger partial charge >= 0.3 is 6.18 Å². The van der Waals surface area contributed by atoms with E-state index in [0.717, 1.165) is 48.0 Å². The standard InChI is InChI=1S/C23H24F3N3OS2.ClH/c24-23(25,26)16-7-8-19-21(27-17-5-1-2-6-18(17)32-19)15(16)4-3-11-29-12-9-22(10-13-29)28-20(30)14-31-22;/h1-2,5-8,27H,3-4,9-14H2,(H,28,30);1H. The number of piperidine rings is 1. The highest BCUT2D eigenvalue weighted by Gasteiger charge is 2.41. The monoisotopic (exact) mass is 515 g/mol. The lowest BCUT2D eigenvalue weighted by atomic mass is 9.98. The van der Waals surface area contributed by atoms with E-state index in [1.54, 1.807) is 17.8 Å². The van der Waals surface area contributed by atoms with Gasteiger partial charge in [0.2, 0.25) is 5.91 Å². The first-order valence-corrected chi connectivity index (χ1v) is 12.6. The van der Waals surface area contributed by atoms with Gasteiger partial charge in [-0.1, -0.05) is 23.9 Å². The molecule has 2 aromatic rings. The molecule has 1 amide bonds. The van der Waals surface area contributed by atoms with Crippen LogP contribution in [-0.2, 0) is 17.4 Å². The lowest BCUT2D eigenvalue weighted by molar-refractivity contribution is -0.138. The molecule has 5 rings (SSSR count). The number of nitrogens with zero attached hydrogens (tertiary/aromatic N) is 1. The Hall–Kier alpha value is -1.55. The van der Waals surface area contributed by atoms with Gasteiger partial charge in [-0.3, -0.25) is 4.79 Å². The molecule has 10 heteroatoms. The third kappa shape index (κ3) is 5.11. The van der Waals surface area contributed by atoms with Gasteiger partial charge in [-0.25, -0.2) is 0 Å². The molecule has 0 radical (unpaired) electrons. The molecule has 0 saturated carbocycles. The van der Waals surface area contributed by atoms with Crippen molar-refractivity contribution < 1.29 is 18.0 Å². The normalized spacial score (nSPS) is 19.3. The van der Waals surface area contributed by atoms with Gasteiger partial charge < -0.3 is 15.5 Å². The fraction of sp³-hybridized carbons (Fsp3) is 0.435. The maximum absolute atomic E-state index is 13.8. The van der Waals surface area contributed by atoms with Crippen molar-refractivity contribution in [3.8, 4) is 0 Å². The molecule has 2 aromatic carbocycles. The van der Waals surface area contributed by atoms with E-state index in [2.05, 4.69) is 15.5 Å². The number of carbonyl (C=O) groups excluding carboxylic acids is 1. The van der Waals surface area contributed by atoms with Crippen LogP contribution in [0.4, 0.5) is 24.5 Å². The first-order valence-electron chi connectivity index (χ1n) is 10.8. The number of rotatable bonds is 4. The quantitative estimate of drug-likeness (QED) is 0.451. The second-order valence-electron chi connectivity index (χ2n) is 8.46. The van der Waals surface area contributed by atoms with E-state index < -0.39 is 11.7 Å². The van der Waals surface area contributed by atoms with Crippen molar-refractivity contribution in [3.05, 3.63) is 47.5 Å². The Kier molecular flexibility index (Phi) is 7.15. The van der Waals surface area contributed by atoms with Crippen molar-refractivity contribution in [2.24, 2.45) is 0 Å². The van der Waals surface area contributed by atoms with Crippen LogP contribution in [0, 0.1) is 0 Å². The Bertz CT molecular complexity index is 1040. The summed E-state index contributed by atoms with van der Waals surface area (Å²) in [6.45, 7) is 2.46. The minimum atomic E-state index is -4.39. The molecule has 178 valence electrons. The zero-order valence-electron chi connectivity index (χ0n) is 17.8. The van der Waals surface area contributed by atoms with Crippen molar-refractivity contribution in [1.29, 1.82) is 0 Å². The van der Waals surface area contributed by atoms with Crippen LogP contribution in [0.3, 0.4) is 0 Å². The number of halogens is 4. The highest BCUT2D eigenvalue weighted by molar-refractivity contribution is 8.01. The summed E-state index contributed by atoms with van der Waals surface area (Å²) in [6.07, 6.45) is -1.61. The van der Waals surface area contributed by atoms with Gasteiger partial charge in [0.15, 0.2) is 0 Å². The zero-order chi connectivity index (χ0) is 22.3. The van der Waals surface area contributed by atoms with E-state index in [1.165, 1.54) is 17.8 Å². The number of para-hydroxylation sites is 1. The fourth-order valence-corrected chi connectivity index (χ4v) is 6.86. The van der Waals surface area contributed by atoms with Crippen LogP contribution in [0.2, 0.25) is 0 Å². The SMILES string of the molecule is Cl.O=C1CSC2(CCN(CCCc3c(C(F)(F)F)ccc4c3Nc3ccccc3S4)CC2)N1. The average Bonchev–Trinajstić information content (AvgIpc) is 3.13. The number of alkyl halides is 3. The number of anilines is 2. The number of hydrogen-bond donors (Lipinski definition) is 2. The highest BCUT2D eigenvalue weighted by atomic mass is 35.5. The Morgan fingerprint density at radius 3 is 2.52 bits per heavy atom. The molecule has 3 aliphatic heterocycles. The molecule has 4 nitrogen and oxygen atoms in total. The summed E-state index contributed by atoms with van der Waals surface area (Å²) in [5, 5.41) is 6.37. The number of benzene rings is 2. The summed E-state index contributed by atoms with van der Waals surface area (Å²) in [7, 11) is 0. The van der Waals surface area contributed by atoms with Crippen molar-refractivity contribution >= 4 is 53.2 Å². The maximum atomic E-state index is 13.8. The summed E-state index contributed by atoms with van der Waals surface area (Å²) >= 11 is 3.20. The Balaban J connectivity index is 0.00000259. The molecular formula is C23H25ClF3N3OS2. The molecule has 0 bridgehead atoms. The van der Waals surface area contributed by atoms with Gasteiger partial charge in [0, 0.05) is 22.9 Å². The van der Waals surface area contributed by atoms with Crippen LogP contribution in [0.5, 0.6) is 0 Å². The van der Waals surface area contributed by atoms with Gasteiger partial charge in [0.1, 0.15) is 0 Å². The van der Waals surface area contributed by atoms with E-state index in [1.807, 2.05) is 24.3 Å². The molecule has 0 aliphatic carbocycles. The molecule has 2 N–H and O–H groups in total. The number of hydrogen-bond acceptors (Lipinski definition) is 5. The predicted octanol–water partition coefficient (Wildman–Crippen LogP) is 5.92. The van der Waals surface area contributed by atoms with E-state index in [9.17, 15) is 18.0 Å². The molecular weight excluding hydrogens is 491 g/mol. The third-order valence-electron chi connectivity index (χ3n) is 6.36. The Morgan fingerprint density at radius 2 is 1.82 bits per heavy atom. The zero-order valence-corrected chi connectivity index (χ0v) is 20.3. The second-order valence-corrected chi connectivity index (χ2v) is 10.9. The number of amides is 1. The summed E-state index contributed by atoms with van der Waals surface area (Å²) in [4.78, 5) is 15.6. The number of thioether (sulfide) groups is 1. The van der Waals surface area contributed by atoms with Crippen molar-refractivity contribution in [1.82, 2.24) is 10.2 Å². The predicted molar refractivity (Wildman–Crippen MR) is 130 cm³/mol. The van der Waals surface area contributed by atoms with E-state index >= 15 is 0 Å². The van der Waals surface area contributed by atoms with Gasteiger partial charge in [0.05, 0.1) is 27.6 Å². The van der Waals surface area contributed by atoms with Crippen molar-refractivity contribution in [3.63, 3.8) is 0 Å². The Morgan fingerprint density at radius 1 is 1.06 bits per heavy atom. The molecule has 3 heterocycles. The number of fused-ring (bicyclic) bond motifs is 2. The molecule has 3 aliphatic rings. The van der Waals surface area contributed by atoms with Crippen LogP contribution < -0.4 is 10.6 Å². The van der Waals surface area contributed by atoms with Gasteiger partial charge in [0.25, 0.3) is 0 Å². The average molecular weight is 516 g/mol. The van der Waals surface area contributed by atoms with E-state index in [-0.39, 0.29) is 23.2 Å². The minimum Gasteiger partial charge on any atom is -0.353 e. The van der Waals surface area contributed by atoms with Crippen molar-refractivity contribution in [2.45, 2.75) is 46.5 Å². The second kappa shape index (κ2) is 9.60. The fourth-order valence-electron chi connectivity index (χ4n) is 4.70. The third-order valence-corrected chi connectivity index (χ3v) is 8.96. The summed E-state index contributed by atoms with van der Waals surface area (Å²) in [5.41, 5.74) is 1.24. The van der Waals surface area contributed by atoms with E-state index in [0.29, 0.717) is 29.8 Å². The molecule has 2 saturated heterocycles. The number of carbonyl (C=O) groups is 1. The smallest absolute Gasteiger partial charge is 0.353 e. The van der Waals surface area contributed by atoms with Crippen LogP contribution >= 0.6 is 35.9 Å². The lowest BCUT2D eigenvalue weighted by Gasteiger charge is -2.38. The first kappa shape index (κ1) is 24.6.